The van der Waals surface area contributed by atoms with E-state index in [4.69, 9.17) is 0 Å². The van der Waals surface area contributed by atoms with Crippen LogP contribution in [-0.4, -0.2) is 22.9 Å². The SMILES string of the molecule is COC(=O)/C=C/c1cc([N+](=O)[O-])cc([N+](=O)[O-])c1. The van der Waals surface area contributed by atoms with Gasteiger partial charge in [-0.1, -0.05) is 0 Å². The van der Waals surface area contributed by atoms with E-state index in [9.17, 15) is 25.0 Å². The third-order valence-corrected chi connectivity index (χ3v) is 1.96. The fraction of sp³-hybridized carbons (Fsp3) is 0.100. The summed E-state index contributed by atoms with van der Waals surface area (Å²) in [5.41, 5.74) is -0.677. The molecule has 0 amide bonds. The van der Waals surface area contributed by atoms with Crippen molar-refractivity contribution in [3.05, 3.63) is 50.1 Å². The van der Waals surface area contributed by atoms with Gasteiger partial charge in [-0.3, -0.25) is 20.2 Å². The Bertz CT molecular complexity index is 505. The van der Waals surface area contributed by atoms with Gasteiger partial charge in [0.2, 0.25) is 0 Å². The first-order valence-electron chi connectivity index (χ1n) is 4.64. The van der Waals surface area contributed by atoms with Gasteiger partial charge < -0.3 is 4.74 Å². The number of hydrogen-bond acceptors (Lipinski definition) is 6. The van der Waals surface area contributed by atoms with Crippen LogP contribution in [0.1, 0.15) is 5.56 Å². The van der Waals surface area contributed by atoms with Crippen LogP contribution in [0.4, 0.5) is 11.4 Å². The van der Waals surface area contributed by atoms with E-state index in [-0.39, 0.29) is 5.56 Å². The molecule has 8 nitrogen and oxygen atoms in total. The first kappa shape index (κ1) is 13.3. The zero-order valence-electron chi connectivity index (χ0n) is 9.23. The summed E-state index contributed by atoms with van der Waals surface area (Å²) in [5.74, 6) is -0.663. The summed E-state index contributed by atoms with van der Waals surface area (Å²) in [7, 11) is 1.17. The highest BCUT2D eigenvalue weighted by Crippen LogP contribution is 2.23. The van der Waals surface area contributed by atoms with Gasteiger partial charge >= 0.3 is 5.97 Å². The fourth-order valence-corrected chi connectivity index (χ4v) is 1.16. The number of nitrogens with zero attached hydrogens (tertiary/aromatic N) is 2. The molecule has 0 unspecified atom stereocenters. The maximum absolute atomic E-state index is 10.8. The average Bonchev–Trinajstić information content (AvgIpc) is 2.35. The molecular formula is C10H8N2O6. The first-order valence-corrected chi connectivity index (χ1v) is 4.64. The Kier molecular flexibility index (Phi) is 4.08. The molecule has 0 bridgehead atoms. The van der Waals surface area contributed by atoms with Crippen molar-refractivity contribution in [3.63, 3.8) is 0 Å². The minimum atomic E-state index is -0.748. The molecule has 0 saturated carbocycles. The Morgan fingerprint density at radius 2 is 1.67 bits per heavy atom. The summed E-state index contributed by atoms with van der Waals surface area (Å²) in [5, 5.41) is 21.2. The van der Waals surface area contributed by atoms with Gasteiger partial charge in [-0.15, -0.1) is 0 Å². The van der Waals surface area contributed by atoms with E-state index < -0.39 is 27.2 Å². The highest BCUT2D eigenvalue weighted by Gasteiger charge is 2.15. The predicted octanol–water partition coefficient (Wildman–Crippen LogP) is 1.69. The second-order valence-electron chi connectivity index (χ2n) is 3.15. The van der Waals surface area contributed by atoms with E-state index in [0.717, 1.165) is 24.3 Å². The van der Waals surface area contributed by atoms with Crippen molar-refractivity contribution in [2.45, 2.75) is 0 Å². The molecule has 1 aromatic rings. The van der Waals surface area contributed by atoms with Gasteiger partial charge in [0, 0.05) is 18.2 Å². The lowest BCUT2D eigenvalue weighted by atomic mass is 10.1. The molecule has 0 atom stereocenters. The number of esters is 1. The molecule has 1 rings (SSSR count). The standard InChI is InChI=1S/C10H8N2O6/c1-18-10(13)3-2-7-4-8(11(14)15)6-9(5-7)12(16)17/h2-6H,1H3/b3-2+. The molecule has 0 heterocycles. The molecule has 0 fully saturated rings. The molecule has 94 valence electrons. The summed E-state index contributed by atoms with van der Waals surface area (Å²) in [4.78, 5) is 30.5. The number of nitro groups is 2. The molecular weight excluding hydrogens is 244 g/mol. The Balaban J connectivity index is 3.19. The highest BCUT2D eigenvalue weighted by atomic mass is 16.6. The van der Waals surface area contributed by atoms with Crippen LogP contribution in [0.5, 0.6) is 0 Å². The summed E-state index contributed by atoms with van der Waals surface area (Å²) in [6, 6.07) is 3.08. The number of nitro benzene ring substituents is 2. The zero-order chi connectivity index (χ0) is 13.7. The van der Waals surface area contributed by atoms with Gasteiger partial charge in [-0.05, 0) is 11.6 Å². The van der Waals surface area contributed by atoms with Crippen molar-refractivity contribution in [2.75, 3.05) is 7.11 Å². The number of methoxy groups -OCH3 is 1. The van der Waals surface area contributed by atoms with Crippen molar-refractivity contribution < 1.29 is 19.4 Å². The normalized spacial score (nSPS) is 10.3. The number of benzene rings is 1. The average molecular weight is 252 g/mol. The molecule has 0 aliphatic carbocycles. The summed E-state index contributed by atoms with van der Waals surface area (Å²) < 4.78 is 4.33. The second-order valence-corrected chi connectivity index (χ2v) is 3.15. The molecule has 1 aromatic carbocycles. The van der Waals surface area contributed by atoms with Crippen molar-refractivity contribution in [2.24, 2.45) is 0 Å². The summed E-state index contributed by atoms with van der Waals surface area (Å²) in [6.45, 7) is 0. The van der Waals surface area contributed by atoms with Crippen LogP contribution in [0.25, 0.3) is 6.08 Å². The number of carbonyl (C=O) groups excluding carboxylic acids is 1. The van der Waals surface area contributed by atoms with E-state index >= 15 is 0 Å². The summed E-state index contributed by atoms with van der Waals surface area (Å²) >= 11 is 0. The van der Waals surface area contributed by atoms with E-state index in [0.29, 0.717) is 0 Å². The maximum atomic E-state index is 10.8. The minimum absolute atomic E-state index is 0.168. The van der Waals surface area contributed by atoms with Crippen LogP contribution in [0.15, 0.2) is 24.3 Å². The number of hydrogen-bond donors (Lipinski definition) is 0. The minimum Gasteiger partial charge on any atom is -0.466 e. The largest absolute Gasteiger partial charge is 0.466 e. The Morgan fingerprint density at radius 3 is 2.06 bits per heavy atom. The summed E-state index contributed by atoms with van der Waals surface area (Å²) in [6.07, 6.45) is 2.22. The number of non-ortho nitro benzene ring substituents is 2. The lowest BCUT2D eigenvalue weighted by molar-refractivity contribution is -0.394. The Morgan fingerprint density at radius 1 is 1.17 bits per heavy atom. The van der Waals surface area contributed by atoms with E-state index in [1.807, 2.05) is 0 Å². The fourth-order valence-electron chi connectivity index (χ4n) is 1.16. The molecule has 8 heteroatoms. The van der Waals surface area contributed by atoms with Crippen molar-refractivity contribution in [1.82, 2.24) is 0 Å². The van der Waals surface area contributed by atoms with Crippen LogP contribution < -0.4 is 0 Å². The third kappa shape index (κ3) is 3.37. The third-order valence-electron chi connectivity index (χ3n) is 1.96. The lowest BCUT2D eigenvalue weighted by Crippen LogP contribution is -1.95. The van der Waals surface area contributed by atoms with Gasteiger partial charge in [0.15, 0.2) is 0 Å². The van der Waals surface area contributed by atoms with Gasteiger partial charge in [0.25, 0.3) is 11.4 Å². The van der Waals surface area contributed by atoms with Crippen LogP contribution in [0.2, 0.25) is 0 Å². The molecule has 0 aliphatic rings. The molecule has 0 aromatic heterocycles. The number of ether oxygens (including phenoxy) is 1. The van der Waals surface area contributed by atoms with E-state index in [1.165, 1.54) is 13.2 Å². The van der Waals surface area contributed by atoms with Crippen LogP contribution in [0, 0.1) is 20.2 Å². The molecule has 0 spiro atoms. The first-order chi connectivity index (χ1) is 8.43. The number of carbonyl (C=O) groups is 1. The quantitative estimate of drug-likeness (QED) is 0.348. The Labute approximate surface area is 101 Å². The van der Waals surface area contributed by atoms with Gasteiger partial charge in [0.1, 0.15) is 0 Å². The van der Waals surface area contributed by atoms with Crippen molar-refractivity contribution in [3.8, 4) is 0 Å². The van der Waals surface area contributed by atoms with Gasteiger partial charge in [-0.2, -0.15) is 0 Å². The van der Waals surface area contributed by atoms with Crippen LogP contribution in [-0.2, 0) is 9.53 Å². The van der Waals surface area contributed by atoms with Crippen molar-refractivity contribution in [1.29, 1.82) is 0 Å². The van der Waals surface area contributed by atoms with Gasteiger partial charge in [0.05, 0.1) is 23.0 Å². The predicted molar refractivity (Wildman–Crippen MR) is 60.8 cm³/mol. The lowest BCUT2D eigenvalue weighted by Gasteiger charge is -1.96. The smallest absolute Gasteiger partial charge is 0.330 e. The van der Waals surface area contributed by atoms with Crippen LogP contribution in [0.3, 0.4) is 0 Å². The van der Waals surface area contributed by atoms with Crippen LogP contribution >= 0.6 is 0 Å². The molecule has 0 N–H and O–H groups in total. The Hall–Kier alpha value is -2.77. The van der Waals surface area contributed by atoms with E-state index in [1.54, 1.807) is 0 Å². The zero-order valence-corrected chi connectivity index (χ0v) is 9.23. The van der Waals surface area contributed by atoms with Crippen molar-refractivity contribution >= 4 is 23.4 Å². The molecule has 0 radical (unpaired) electrons. The van der Waals surface area contributed by atoms with Gasteiger partial charge in [-0.25, -0.2) is 4.79 Å². The monoisotopic (exact) mass is 252 g/mol. The number of rotatable bonds is 4. The molecule has 0 saturated heterocycles. The molecule has 0 aliphatic heterocycles. The second kappa shape index (κ2) is 5.53. The topological polar surface area (TPSA) is 113 Å². The maximum Gasteiger partial charge on any atom is 0.330 e. The highest BCUT2D eigenvalue weighted by molar-refractivity contribution is 5.87. The van der Waals surface area contributed by atoms with E-state index in [2.05, 4.69) is 4.74 Å². The molecule has 18 heavy (non-hydrogen) atoms.